The van der Waals surface area contributed by atoms with E-state index in [-0.39, 0.29) is 32.6 Å². The second-order valence-electron chi connectivity index (χ2n) is 8.18. The number of imide groups is 2. The normalized spacial score (nSPS) is 15.1. The number of nitrogens with one attached hydrogen (secondary N) is 1. The molecule has 190 valence electrons. The number of hydrogen-bond donors (Lipinski definition) is 1. The standard InChI is InChI=1S/C26H21ClN2O7S/c1-15-7-9-19(10-8-15)37(33,34)36-23-21(27)13-17(14-22(23)35-3)12-20-24(30)28-26(32)29(25(20)31)18-6-4-5-16(2)11-18/h4-14H,1-3H3,(H,28,30,32)/b20-12+. The molecule has 0 spiro atoms. The molecular formula is C26H21ClN2O7S. The van der Waals surface area contributed by atoms with E-state index in [1.165, 1.54) is 37.5 Å². The first-order chi connectivity index (χ1) is 17.5. The van der Waals surface area contributed by atoms with Crippen molar-refractivity contribution in [3.8, 4) is 11.5 Å². The van der Waals surface area contributed by atoms with E-state index in [1.54, 1.807) is 43.3 Å². The lowest BCUT2D eigenvalue weighted by Crippen LogP contribution is -2.54. The van der Waals surface area contributed by atoms with Crippen molar-refractivity contribution >= 4 is 51.3 Å². The van der Waals surface area contributed by atoms with Crippen LogP contribution in [0.1, 0.15) is 16.7 Å². The lowest BCUT2D eigenvalue weighted by Gasteiger charge is -2.26. The minimum atomic E-state index is -4.23. The zero-order valence-corrected chi connectivity index (χ0v) is 21.5. The summed E-state index contributed by atoms with van der Waals surface area (Å²) >= 11 is 6.34. The Labute approximate surface area is 218 Å². The van der Waals surface area contributed by atoms with Gasteiger partial charge in [0.25, 0.3) is 11.8 Å². The van der Waals surface area contributed by atoms with E-state index >= 15 is 0 Å². The molecule has 4 rings (SSSR count). The van der Waals surface area contributed by atoms with E-state index in [9.17, 15) is 22.8 Å². The molecule has 0 saturated carbocycles. The molecule has 1 aliphatic heterocycles. The molecule has 0 unspecified atom stereocenters. The van der Waals surface area contributed by atoms with Gasteiger partial charge in [0.1, 0.15) is 10.5 Å². The number of hydrogen-bond acceptors (Lipinski definition) is 7. The zero-order chi connectivity index (χ0) is 26.9. The van der Waals surface area contributed by atoms with E-state index < -0.39 is 28.0 Å². The maximum absolute atomic E-state index is 13.1. The molecule has 0 aromatic heterocycles. The second-order valence-corrected chi connectivity index (χ2v) is 10.1. The van der Waals surface area contributed by atoms with Crippen LogP contribution in [0, 0.1) is 13.8 Å². The number of urea groups is 1. The van der Waals surface area contributed by atoms with Crippen LogP contribution in [-0.2, 0) is 19.7 Å². The Morgan fingerprint density at radius 2 is 1.65 bits per heavy atom. The molecule has 1 aliphatic rings. The second kappa shape index (κ2) is 10.1. The number of benzene rings is 3. The molecule has 11 heteroatoms. The Morgan fingerprint density at radius 3 is 2.30 bits per heavy atom. The number of halogens is 1. The van der Waals surface area contributed by atoms with Crippen molar-refractivity contribution in [3.05, 3.63) is 87.9 Å². The fraction of sp³-hybridized carbons (Fsp3) is 0.115. The van der Waals surface area contributed by atoms with Crippen LogP contribution in [0.5, 0.6) is 11.5 Å². The Morgan fingerprint density at radius 1 is 0.946 bits per heavy atom. The number of carbonyl (C=O) groups is 3. The van der Waals surface area contributed by atoms with Gasteiger partial charge in [0.2, 0.25) is 5.75 Å². The van der Waals surface area contributed by atoms with Crippen molar-refractivity contribution in [2.24, 2.45) is 0 Å². The van der Waals surface area contributed by atoms with Gasteiger partial charge in [-0.1, -0.05) is 41.4 Å². The van der Waals surface area contributed by atoms with Gasteiger partial charge in [0.05, 0.1) is 17.8 Å². The molecule has 1 N–H and O–H groups in total. The van der Waals surface area contributed by atoms with Crippen molar-refractivity contribution in [2.45, 2.75) is 18.7 Å². The molecule has 1 fully saturated rings. The van der Waals surface area contributed by atoms with Gasteiger partial charge >= 0.3 is 16.1 Å². The maximum atomic E-state index is 13.1. The summed E-state index contributed by atoms with van der Waals surface area (Å²) in [7, 11) is -2.95. The summed E-state index contributed by atoms with van der Waals surface area (Å²) in [5, 5.41) is 2.01. The molecule has 0 radical (unpaired) electrons. The number of nitrogens with zero attached hydrogens (tertiary/aromatic N) is 1. The molecule has 37 heavy (non-hydrogen) atoms. The van der Waals surface area contributed by atoms with Crippen molar-refractivity contribution in [1.82, 2.24) is 5.32 Å². The fourth-order valence-electron chi connectivity index (χ4n) is 3.59. The first kappa shape index (κ1) is 25.9. The van der Waals surface area contributed by atoms with Crippen molar-refractivity contribution in [2.75, 3.05) is 12.0 Å². The smallest absolute Gasteiger partial charge is 0.339 e. The number of aryl methyl sites for hydroxylation is 2. The van der Waals surface area contributed by atoms with E-state index in [4.69, 9.17) is 20.5 Å². The highest BCUT2D eigenvalue weighted by molar-refractivity contribution is 7.87. The summed E-state index contributed by atoms with van der Waals surface area (Å²) in [6.07, 6.45) is 1.22. The summed E-state index contributed by atoms with van der Waals surface area (Å²) < 4.78 is 36.1. The molecule has 9 nitrogen and oxygen atoms in total. The van der Waals surface area contributed by atoms with Crippen LogP contribution in [0.4, 0.5) is 10.5 Å². The van der Waals surface area contributed by atoms with Crippen LogP contribution in [0.15, 0.2) is 71.1 Å². The lowest BCUT2D eigenvalue weighted by atomic mass is 10.1. The Hall–Kier alpha value is -4.15. The first-order valence-electron chi connectivity index (χ1n) is 10.9. The van der Waals surface area contributed by atoms with Crippen LogP contribution in [-0.4, -0.2) is 33.4 Å². The summed E-state index contributed by atoms with van der Waals surface area (Å²) in [6.45, 7) is 3.62. The number of methoxy groups -OCH3 is 1. The van der Waals surface area contributed by atoms with Crippen LogP contribution in [0.25, 0.3) is 6.08 Å². The van der Waals surface area contributed by atoms with Crippen molar-refractivity contribution in [3.63, 3.8) is 0 Å². The summed E-state index contributed by atoms with van der Waals surface area (Å²) in [4.78, 5) is 38.9. The van der Waals surface area contributed by atoms with Gasteiger partial charge in [-0.05, 0) is 67.4 Å². The zero-order valence-electron chi connectivity index (χ0n) is 19.9. The minimum Gasteiger partial charge on any atom is -0.493 e. The summed E-state index contributed by atoms with van der Waals surface area (Å²) in [6, 6.07) is 14.5. The van der Waals surface area contributed by atoms with E-state index in [2.05, 4.69) is 5.32 Å². The number of barbiturate groups is 1. The quantitative estimate of drug-likeness (QED) is 0.279. The third kappa shape index (κ3) is 5.35. The SMILES string of the molecule is COc1cc(/C=C2\C(=O)NC(=O)N(c3cccc(C)c3)C2=O)cc(Cl)c1OS(=O)(=O)c1ccc(C)cc1. The molecule has 3 aromatic rings. The van der Waals surface area contributed by atoms with Gasteiger partial charge in [-0.2, -0.15) is 8.42 Å². The lowest BCUT2D eigenvalue weighted by molar-refractivity contribution is -0.122. The van der Waals surface area contributed by atoms with Gasteiger partial charge in [-0.3, -0.25) is 14.9 Å². The highest BCUT2D eigenvalue weighted by Gasteiger charge is 2.37. The fourth-order valence-corrected chi connectivity index (χ4v) is 4.85. The molecule has 0 aliphatic carbocycles. The van der Waals surface area contributed by atoms with Crippen LogP contribution >= 0.6 is 11.6 Å². The molecule has 1 saturated heterocycles. The average molecular weight is 541 g/mol. The largest absolute Gasteiger partial charge is 0.493 e. The molecule has 1 heterocycles. The monoisotopic (exact) mass is 540 g/mol. The molecule has 3 aromatic carbocycles. The predicted octanol–water partition coefficient (Wildman–Crippen LogP) is 4.40. The topological polar surface area (TPSA) is 119 Å². The van der Waals surface area contributed by atoms with Gasteiger partial charge in [0.15, 0.2) is 5.75 Å². The number of amides is 4. The minimum absolute atomic E-state index is 0.0506. The van der Waals surface area contributed by atoms with E-state index in [0.29, 0.717) is 5.69 Å². The molecular weight excluding hydrogens is 520 g/mol. The highest BCUT2D eigenvalue weighted by Crippen LogP contribution is 2.39. The van der Waals surface area contributed by atoms with Gasteiger partial charge in [-0.15, -0.1) is 0 Å². The number of carbonyl (C=O) groups excluding carboxylic acids is 3. The van der Waals surface area contributed by atoms with E-state index in [0.717, 1.165) is 16.0 Å². The third-order valence-corrected chi connectivity index (χ3v) is 6.94. The Bertz CT molecular complexity index is 1560. The molecule has 4 amide bonds. The predicted molar refractivity (Wildman–Crippen MR) is 137 cm³/mol. The summed E-state index contributed by atoms with van der Waals surface area (Å²) in [5.41, 5.74) is 1.88. The number of anilines is 1. The highest BCUT2D eigenvalue weighted by atomic mass is 35.5. The third-order valence-electron chi connectivity index (χ3n) is 5.43. The van der Waals surface area contributed by atoms with Crippen LogP contribution in [0.3, 0.4) is 0 Å². The van der Waals surface area contributed by atoms with Crippen molar-refractivity contribution in [1.29, 1.82) is 0 Å². The summed E-state index contributed by atoms with van der Waals surface area (Å²) in [5.74, 6) is -2.04. The molecule has 0 bridgehead atoms. The Kier molecular flexibility index (Phi) is 7.06. The molecule has 0 atom stereocenters. The number of ether oxygens (including phenoxy) is 1. The van der Waals surface area contributed by atoms with Crippen molar-refractivity contribution < 1.29 is 31.7 Å². The number of rotatable bonds is 6. The Balaban J connectivity index is 1.70. The van der Waals surface area contributed by atoms with Crippen LogP contribution < -0.4 is 19.1 Å². The first-order valence-corrected chi connectivity index (χ1v) is 12.7. The van der Waals surface area contributed by atoms with Crippen LogP contribution in [0.2, 0.25) is 5.02 Å². The van der Waals surface area contributed by atoms with Gasteiger partial charge in [-0.25, -0.2) is 9.69 Å². The maximum Gasteiger partial charge on any atom is 0.339 e. The van der Waals surface area contributed by atoms with E-state index in [1.807, 2.05) is 6.92 Å². The average Bonchev–Trinajstić information content (AvgIpc) is 2.83. The van der Waals surface area contributed by atoms with Gasteiger partial charge in [0, 0.05) is 0 Å². The van der Waals surface area contributed by atoms with Gasteiger partial charge < -0.3 is 8.92 Å².